The molecule has 4 rings (SSSR count). The first-order chi connectivity index (χ1) is 13.4. The number of hydrogen-bond acceptors (Lipinski definition) is 4. The topological polar surface area (TPSA) is 67.4 Å². The molecule has 1 aromatic heterocycles. The Morgan fingerprint density at radius 3 is 2.71 bits per heavy atom. The van der Waals surface area contributed by atoms with Gasteiger partial charge in [0.15, 0.2) is 0 Å². The first-order valence-corrected chi connectivity index (χ1v) is 9.38. The molecule has 2 amide bonds. The Morgan fingerprint density at radius 1 is 1.25 bits per heavy atom. The lowest BCUT2D eigenvalue weighted by Crippen LogP contribution is -2.63. The third-order valence-corrected chi connectivity index (χ3v) is 5.53. The van der Waals surface area contributed by atoms with Crippen molar-refractivity contribution in [3.8, 4) is 17.0 Å². The van der Waals surface area contributed by atoms with E-state index in [2.05, 4.69) is 27.2 Å². The molecule has 2 fully saturated rings. The average Bonchev–Trinajstić information content (AvgIpc) is 2.62. The molecule has 1 N–H and O–H groups in total. The fourth-order valence-electron chi connectivity index (χ4n) is 4.29. The molecule has 2 aliphatic rings. The number of hydrogen-bond donors (Lipinski definition) is 1. The van der Waals surface area contributed by atoms with Gasteiger partial charge in [0.1, 0.15) is 5.75 Å². The largest absolute Gasteiger partial charge is 0.433 e. The second-order valence-corrected chi connectivity index (χ2v) is 7.64. The van der Waals surface area contributed by atoms with Gasteiger partial charge in [0, 0.05) is 29.4 Å². The Bertz CT molecular complexity index is 880. The molecule has 1 aromatic carbocycles. The number of anilines is 1. The molecule has 0 aliphatic carbocycles. The number of amides is 2. The van der Waals surface area contributed by atoms with Crippen molar-refractivity contribution in [1.29, 1.82) is 0 Å². The van der Waals surface area contributed by atoms with Crippen LogP contribution in [-0.4, -0.2) is 39.8 Å². The smallest absolute Gasteiger partial charge is 0.387 e. The number of urea groups is 1. The third-order valence-electron chi connectivity index (χ3n) is 5.53. The minimum Gasteiger partial charge on any atom is -0.433 e. The first kappa shape index (κ1) is 18.6. The van der Waals surface area contributed by atoms with E-state index in [4.69, 9.17) is 0 Å². The summed E-state index contributed by atoms with van der Waals surface area (Å²) in [6, 6.07) is 7.42. The number of benzene rings is 1. The predicted molar refractivity (Wildman–Crippen MR) is 100 cm³/mol. The van der Waals surface area contributed by atoms with Gasteiger partial charge in [0.2, 0.25) is 0 Å². The Labute approximate surface area is 161 Å². The number of alkyl halides is 2. The highest BCUT2D eigenvalue weighted by atomic mass is 19.3. The molecule has 8 heteroatoms. The van der Waals surface area contributed by atoms with Crippen LogP contribution in [-0.2, 0) is 0 Å². The van der Waals surface area contributed by atoms with Crippen molar-refractivity contribution in [2.45, 2.75) is 51.8 Å². The maximum absolute atomic E-state index is 12.7. The number of nitrogens with zero attached hydrogens (tertiary/aromatic N) is 3. The molecule has 0 spiro atoms. The maximum Gasteiger partial charge on any atom is 0.387 e. The average molecular weight is 388 g/mol. The SMILES string of the molecule is Cc1ccc(NC(=O)N2C3CC(C)C[C@@H]2C3)cc1-c1cc(OC(F)F)cnn1. The molecular formula is C20H22F2N4O2. The van der Waals surface area contributed by atoms with E-state index in [-0.39, 0.29) is 11.8 Å². The van der Waals surface area contributed by atoms with Crippen LogP contribution >= 0.6 is 0 Å². The second kappa shape index (κ2) is 7.33. The number of aromatic nitrogens is 2. The van der Waals surface area contributed by atoms with Crippen LogP contribution in [0.25, 0.3) is 11.3 Å². The van der Waals surface area contributed by atoms with Crippen LogP contribution in [0.2, 0.25) is 0 Å². The molecule has 0 radical (unpaired) electrons. The van der Waals surface area contributed by atoms with Crippen molar-refractivity contribution in [2.75, 3.05) is 5.32 Å². The zero-order valence-corrected chi connectivity index (χ0v) is 15.7. The Morgan fingerprint density at radius 2 is 2.00 bits per heavy atom. The summed E-state index contributed by atoms with van der Waals surface area (Å²) in [5, 5.41) is 10.7. The van der Waals surface area contributed by atoms with E-state index < -0.39 is 6.61 Å². The van der Waals surface area contributed by atoms with Gasteiger partial charge in [-0.05, 0) is 49.8 Å². The molecule has 3 heterocycles. The molecule has 2 aliphatic heterocycles. The fraction of sp³-hybridized carbons (Fsp3) is 0.450. The highest BCUT2D eigenvalue weighted by Gasteiger charge is 2.46. The third kappa shape index (κ3) is 3.63. The number of nitrogens with one attached hydrogen (secondary N) is 1. The highest BCUT2D eigenvalue weighted by molar-refractivity contribution is 5.91. The van der Waals surface area contributed by atoms with Crippen LogP contribution in [0.4, 0.5) is 19.3 Å². The van der Waals surface area contributed by atoms with Gasteiger partial charge in [-0.15, -0.1) is 0 Å². The molecule has 2 aromatic rings. The maximum atomic E-state index is 12.7. The zero-order valence-electron chi connectivity index (χ0n) is 15.7. The number of halogens is 2. The van der Waals surface area contributed by atoms with E-state index in [0.29, 0.717) is 34.9 Å². The van der Waals surface area contributed by atoms with Gasteiger partial charge < -0.3 is 15.0 Å². The standard InChI is InChI=1S/C20H22F2N4O2/c1-11-5-14-8-15(6-11)26(14)20(27)24-13-4-3-12(2)17(7-13)18-9-16(10-23-25-18)28-19(21)22/h3-4,7,9-11,14-15,19H,5-6,8H2,1-2H3,(H,24,27)/t11?,14-,15?/m1/s1. The summed E-state index contributed by atoms with van der Waals surface area (Å²) in [5.41, 5.74) is 2.62. The van der Waals surface area contributed by atoms with E-state index in [1.165, 1.54) is 6.07 Å². The van der Waals surface area contributed by atoms with Gasteiger partial charge >= 0.3 is 12.6 Å². The van der Waals surface area contributed by atoms with Crippen LogP contribution in [0, 0.1) is 12.8 Å². The van der Waals surface area contributed by atoms with Crippen molar-refractivity contribution in [3.05, 3.63) is 36.0 Å². The summed E-state index contributed by atoms with van der Waals surface area (Å²) >= 11 is 0. The van der Waals surface area contributed by atoms with Crippen LogP contribution in [0.1, 0.15) is 31.7 Å². The van der Waals surface area contributed by atoms with Gasteiger partial charge in [-0.2, -0.15) is 19.0 Å². The lowest BCUT2D eigenvalue weighted by molar-refractivity contribution is -0.0501. The fourth-order valence-corrected chi connectivity index (χ4v) is 4.29. The van der Waals surface area contributed by atoms with Crippen LogP contribution in [0.15, 0.2) is 30.5 Å². The Kier molecular flexibility index (Phi) is 4.87. The number of piperidine rings is 1. The van der Waals surface area contributed by atoms with Gasteiger partial charge in [0.05, 0.1) is 11.9 Å². The number of ether oxygens (including phenoxy) is 1. The summed E-state index contributed by atoms with van der Waals surface area (Å²) in [4.78, 5) is 14.6. The minimum absolute atomic E-state index is 0.0589. The van der Waals surface area contributed by atoms with Gasteiger partial charge in [-0.3, -0.25) is 0 Å². The summed E-state index contributed by atoms with van der Waals surface area (Å²) in [5.74, 6) is 0.608. The summed E-state index contributed by atoms with van der Waals surface area (Å²) < 4.78 is 29.3. The monoisotopic (exact) mass is 388 g/mol. The summed E-state index contributed by atoms with van der Waals surface area (Å²) in [6.45, 7) is 1.18. The lowest BCUT2D eigenvalue weighted by atomic mass is 9.74. The van der Waals surface area contributed by atoms with E-state index in [1.54, 1.807) is 6.07 Å². The quantitative estimate of drug-likeness (QED) is 0.840. The molecule has 148 valence electrons. The minimum atomic E-state index is -2.93. The molecule has 2 bridgehead atoms. The predicted octanol–water partition coefficient (Wildman–Crippen LogP) is 4.46. The Hall–Kier alpha value is -2.77. The summed E-state index contributed by atoms with van der Waals surface area (Å²) in [7, 11) is 0. The molecule has 6 nitrogen and oxygen atoms in total. The van der Waals surface area contributed by atoms with Crippen LogP contribution in [0.5, 0.6) is 5.75 Å². The van der Waals surface area contributed by atoms with E-state index in [9.17, 15) is 13.6 Å². The van der Waals surface area contributed by atoms with Crippen LogP contribution < -0.4 is 10.1 Å². The van der Waals surface area contributed by atoms with E-state index in [0.717, 1.165) is 31.0 Å². The van der Waals surface area contributed by atoms with Crippen molar-refractivity contribution in [1.82, 2.24) is 15.1 Å². The van der Waals surface area contributed by atoms with Gasteiger partial charge in [0.25, 0.3) is 0 Å². The molecule has 3 atom stereocenters. The van der Waals surface area contributed by atoms with Crippen LogP contribution in [0.3, 0.4) is 0 Å². The van der Waals surface area contributed by atoms with Crippen molar-refractivity contribution < 1.29 is 18.3 Å². The Balaban J connectivity index is 1.52. The number of carbonyl (C=O) groups excluding carboxylic acids is 1. The normalized spacial score (nSPS) is 23.3. The van der Waals surface area contributed by atoms with Crippen molar-refractivity contribution >= 4 is 11.7 Å². The molecule has 0 saturated carbocycles. The number of rotatable bonds is 4. The lowest BCUT2D eigenvalue weighted by Gasteiger charge is -2.54. The highest BCUT2D eigenvalue weighted by Crippen LogP contribution is 2.41. The number of carbonyl (C=O) groups is 1. The molecule has 2 saturated heterocycles. The zero-order chi connectivity index (χ0) is 19.8. The van der Waals surface area contributed by atoms with Gasteiger partial charge in [-0.1, -0.05) is 13.0 Å². The van der Waals surface area contributed by atoms with Gasteiger partial charge in [-0.25, -0.2) is 4.79 Å². The molecular weight excluding hydrogens is 366 g/mol. The number of fused-ring (bicyclic) bond motifs is 2. The van der Waals surface area contributed by atoms with E-state index >= 15 is 0 Å². The van der Waals surface area contributed by atoms with Crippen molar-refractivity contribution in [3.63, 3.8) is 0 Å². The number of aryl methyl sites for hydroxylation is 1. The molecule has 2 unspecified atom stereocenters. The summed E-state index contributed by atoms with van der Waals surface area (Å²) in [6.07, 6.45) is 4.33. The first-order valence-electron chi connectivity index (χ1n) is 9.38. The van der Waals surface area contributed by atoms with Crippen molar-refractivity contribution in [2.24, 2.45) is 5.92 Å². The van der Waals surface area contributed by atoms with E-state index in [1.807, 2.05) is 24.0 Å². The molecule has 28 heavy (non-hydrogen) atoms. The second-order valence-electron chi connectivity index (χ2n) is 7.64.